The van der Waals surface area contributed by atoms with Gasteiger partial charge in [0.25, 0.3) is 0 Å². The third-order valence-corrected chi connectivity index (χ3v) is 4.55. The molecule has 0 spiro atoms. The van der Waals surface area contributed by atoms with Crippen LogP contribution in [-0.4, -0.2) is 81.1 Å². The summed E-state index contributed by atoms with van der Waals surface area (Å²) in [6.07, 6.45) is 7.90. The van der Waals surface area contributed by atoms with E-state index < -0.39 is 0 Å². The number of hydrogen-bond acceptors (Lipinski definition) is 5. The molecule has 0 bridgehead atoms. The molecule has 8 heteroatoms. The summed E-state index contributed by atoms with van der Waals surface area (Å²) in [4.78, 5) is 16.7. The van der Waals surface area contributed by atoms with Crippen molar-refractivity contribution in [2.24, 2.45) is 0 Å². The van der Waals surface area contributed by atoms with E-state index in [-0.39, 0.29) is 5.91 Å². The Morgan fingerprint density at radius 1 is 0.840 bits per heavy atom. The Hall–Kier alpha value is -2.19. The van der Waals surface area contributed by atoms with Gasteiger partial charge in [-0.3, -0.25) is 24.0 Å². The van der Waals surface area contributed by atoms with Crippen LogP contribution in [0.25, 0.3) is 0 Å². The number of piperazine rings is 1. The second-order valence-electron chi connectivity index (χ2n) is 6.32. The maximum Gasteiger partial charge on any atom is 0.221 e. The molecular weight excluding hydrogens is 318 g/mol. The summed E-state index contributed by atoms with van der Waals surface area (Å²) in [5, 5.41) is 11.3. The van der Waals surface area contributed by atoms with Crippen molar-refractivity contribution < 1.29 is 4.79 Å². The molecule has 3 heterocycles. The molecule has 1 amide bonds. The second kappa shape index (κ2) is 9.33. The van der Waals surface area contributed by atoms with Gasteiger partial charge >= 0.3 is 0 Å². The van der Waals surface area contributed by atoms with Crippen molar-refractivity contribution >= 4 is 5.91 Å². The lowest BCUT2D eigenvalue weighted by Gasteiger charge is -2.34. The Kier molecular flexibility index (Phi) is 6.58. The van der Waals surface area contributed by atoms with Gasteiger partial charge in [0, 0.05) is 83.6 Å². The number of hydrogen-bond donors (Lipinski definition) is 1. The van der Waals surface area contributed by atoms with Crippen molar-refractivity contribution in [3.05, 3.63) is 36.9 Å². The molecule has 136 valence electrons. The Morgan fingerprint density at radius 2 is 1.44 bits per heavy atom. The van der Waals surface area contributed by atoms with Gasteiger partial charge in [-0.15, -0.1) is 0 Å². The SMILES string of the molecule is O=C(CCn1cccn1)NCCN1CCN(CCn2cccn2)CC1. The van der Waals surface area contributed by atoms with Crippen LogP contribution in [0.5, 0.6) is 0 Å². The number of amides is 1. The fourth-order valence-electron chi connectivity index (χ4n) is 3.00. The summed E-state index contributed by atoms with van der Waals surface area (Å²) in [7, 11) is 0. The summed E-state index contributed by atoms with van der Waals surface area (Å²) in [6.45, 7) is 8.52. The molecule has 1 aliphatic rings. The summed E-state index contributed by atoms with van der Waals surface area (Å²) >= 11 is 0. The van der Waals surface area contributed by atoms with Crippen LogP contribution in [0.4, 0.5) is 0 Å². The molecule has 0 unspecified atom stereocenters. The van der Waals surface area contributed by atoms with Crippen LogP contribution in [0.1, 0.15) is 6.42 Å². The lowest BCUT2D eigenvalue weighted by atomic mass is 10.3. The number of aryl methyl sites for hydroxylation is 1. The topological polar surface area (TPSA) is 71.2 Å². The highest BCUT2D eigenvalue weighted by Crippen LogP contribution is 2.01. The average Bonchev–Trinajstić information content (AvgIpc) is 3.33. The van der Waals surface area contributed by atoms with E-state index in [9.17, 15) is 4.79 Å². The third kappa shape index (κ3) is 5.99. The molecule has 0 aliphatic carbocycles. The summed E-state index contributed by atoms with van der Waals surface area (Å²) < 4.78 is 3.76. The first-order chi connectivity index (χ1) is 12.3. The molecule has 1 aliphatic heterocycles. The van der Waals surface area contributed by atoms with Gasteiger partial charge in [0.2, 0.25) is 5.91 Å². The monoisotopic (exact) mass is 345 g/mol. The van der Waals surface area contributed by atoms with Crippen LogP contribution in [0.15, 0.2) is 36.9 Å². The highest BCUT2D eigenvalue weighted by molar-refractivity contribution is 5.75. The lowest BCUT2D eigenvalue weighted by molar-refractivity contribution is -0.121. The van der Waals surface area contributed by atoms with Crippen LogP contribution < -0.4 is 5.32 Å². The van der Waals surface area contributed by atoms with Gasteiger partial charge in [-0.2, -0.15) is 10.2 Å². The van der Waals surface area contributed by atoms with E-state index >= 15 is 0 Å². The average molecular weight is 345 g/mol. The first-order valence-electron chi connectivity index (χ1n) is 8.96. The largest absolute Gasteiger partial charge is 0.355 e. The minimum Gasteiger partial charge on any atom is -0.355 e. The molecule has 8 nitrogen and oxygen atoms in total. The maximum absolute atomic E-state index is 11.8. The molecule has 0 saturated carbocycles. The number of nitrogens with zero attached hydrogens (tertiary/aromatic N) is 6. The quantitative estimate of drug-likeness (QED) is 0.687. The van der Waals surface area contributed by atoms with Gasteiger partial charge in [-0.1, -0.05) is 0 Å². The van der Waals surface area contributed by atoms with E-state index in [0.717, 1.165) is 45.8 Å². The molecular formula is C17H27N7O. The molecule has 0 radical (unpaired) electrons. The van der Waals surface area contributed by atoms with Gasteiger partial charge in [0.1, 0.15) is 0 Å². The van der Waals surface area contributed by atoms with Gasteiger partial charge in [-0.25, -0.2) is 0 Å². The molecule has 1 fully saturated rings. The predicted octanol–water partition coefficient (Wildman–Crippen LogP) is -0.0963. The number of nitrogens with one attached hydrogen (secondary N) is 1. The number of carbonyl (C=O) groups excluding carboxylic acids is 1. The van der Waals surface area contributed by atoms with Gasteiger partial charge in [-0.05, 0) is 12.1 Å². The van der Waals surface area contributed by atoms with Crippen LogP contribution in [0, 0.1) is 0 Å². The van der Waals surface area contributed by atoms with Crippen molar-refractivity contribution in [3.8, 4) is 0 Å². The zero-order valence-corrected chi connectivity index (χ0v) is 14.6. The summed E-state index contributed by atoms with van der Waals surface area (Å²) in [5.74, 6) is 0.0911. The number of rotatable bonds is 9. The normalized spacial score (nSPS) is 16.2. The number of carbonyl (C=O) groups is 1. The summed E-state index contributed by atoms with van der Waals surface area (Å²) in [5.41, 5.74) is 0. The molecule has 2 aromatic heterocycles. The maximum atomic E-state index is 11.8. The first-order valence-corrected chi connectivity index (χ1v) is 8.96. The van der Waals surface area contributed by atoms with E-state index in [1.165, 1.54) is 0 Å². The molecule has 2 aromatic rings. The van der Waals surface area contributed by atoms with E-state index in [1.807, 2.05) is 35.4 Å². The van der Waals surface area contributed by atoms with Crippen LogP contribution in [0.2, 0.25) is 0 Å². The third-order valence-electron chi connectivity index (χ3n) is 4.55. The smallest absolute Gasteiger partial charge is 0.221 e. The van der Waals surface area contributed by atoms with Crippen molar-refractivity contribution in [2.75, 3.05) is 45.8 Å². The molecule has 1 saturated heterocycles. The summed E-state index contributed by atoms with van der Waals surface area (Å²) in [6, 6.07) is 3.83. The fourth-order valence-corrected chi connectivity index (χ4v) is 3.00. The van der Waals surface area contributed by atoms with Gasteiger partial charge in [0.15, 0.2) is 0 Å². The minimum absolute atomic E-state index is 0.0911. The fraction of sp³-hybridized carbons (Fsp3) is 0.588. The number of aromatic nitrogens is 4. The second-order valence-corrected chi connectivity index (χ2v) is 6.32. The standard InChI is InChI=1S/C17H27N7O/c25-17(3-9-23-7-1-4-19-23)18-6-10-21-11-13-22(14-12-21)15-16-24-8-2-5-20-24/h1-2,4-5,7-8H,3,6,9-16H2,(H,18,25). The predicted molar refractivity (Wildman–Crippen MR) is 95.0 cm³/mol. The Labute approximate surface area is 148 Å². The van der Waals surface area contributed by atoms with Crippen LogP contribution in [-0.2, 0) is 17.9 Å². The zero-order valence-electron chi connectivity index (χ0n) is 14.6. The Bertz CT molecular complexity index is 603. The van der Waals surface area contributed by atoms with Crippen molar-refractivity contribution in [3.63, 3.8) is 0 Å². The lowest BCUT2D eigenvalue weighted by Crippen LogP contribution is -2.49. The Morgan fingerprint density at radius 3 is 2.04 bits per heavy atom. The molecule has 0 aromatic carbocycles. The molecule has 0 atom stereocenters. The highest BCUT2D eigenvalue weighted by Gasteiger charge is 2.16. The van der Waals surface area contributed by atoms with E-state index in [2.05, 4.69) is 25.3 Å². The van der Waals surface area contributed by atoms with Crippen molar-refractivity contribution in [2.45, 2.75) is 19.5 Å². The molecule has 3 rings (SSSR count). The van der Waals surface area contributed by atoms with Gasteiger partial charge in [0.05, 0.1) is 6.54 Å². The minimum atomic E-state index is 0.0911. The Balaban J connectivity index is 1.23. The van der Waals surface area contributed by atoms with E-state index in [1.54, 1.807) is 10.9 Å². The van der Waals surface area contributed by atoms with Crippen LogP contribution >= 0.6 is 0 Å². The van der Waals surface area contributed by atoms with Gasteiger partial charge < -0.3 is 5.32 Å². The molecule has 1 N–H and O–H groups in total. The highest BCUT2D eigenvalue weighted by atomic mass is 16.1. The first kappa shape index (κ1) is 17.6. The van der Waals surface area contributed by atoms with Crippen molar-refractivity contribution in [1.82, 2.24) is 34.7 Å². The zero-order chi connectivity index (χ0) is 17.3. The van der Waals surface area contributed by atoms with E-state index in [0.29, 0.717) is 19.5 Å². The van der Waals surface area contributed by atoms with Crippen LogP contribution in [0.3, 0.4) is 0 Å². The molecule has 25 heavy (non-hydrogen) atoms. The van der Waals surface area contributed by atoms with E-state index in [4.69, 9.17) is 0 Å². The van der Waals surface area contributed by atoms with Crippen molar-refractivity contribution in [1.29, 1.82) is 0 Å².